The van der Waals surface area contributed by atoms with E-state index < -0.39 is 11.7 Å². The van der Waals surface area contributed by atoms with Crippen molar-refractivity contribution in [2.24, 2.45) is 0 Å². The second-order valence-corrected chi connectivity index (χ2v) is 9.22. The number of nitrogens with zero attached hydrogens (tertiary/aromatic N) is 3. The van der Waals surface area contributed by atoms with Crippen molar-refractivity contribution in [3.63, 3.8) is 0 Å². The van der Waals surface area contributed by atoms with E-state index in [0.717, 1.165) is 51.0 Å². The third-order valence-electron chi connectivity index (χ3n) is 6.67. The van der Waals surface area contributed by atoms with Crippen molar-refractivity contribution in [1.29, 1.82) is 5.26 Å². The molecule has 0 saturated carbocycles. The van der Waals surface area contributed by atoms with Crippen LogP contribution in [0.25, 0.3) is 11.1 Å². The van der Waals surface area contributed by atoms with E-state index in [1.807, 2.05) is 6.07 Å². The summed E-state index contributed by atoms with van der Waals surface area (Å²) in [5.74, 6) is 0. The van der Waals surface area contributed by atoms with Crippen LogP contribution < -0.4 is 0 Å². The number of hydrogen-bond acceptors (Lipinski definition) is 5. The van der Waals surface area contributed by atoms with Crippen LogP contribution in [0.5, 0.6) is 0 Å². The van der Waals surface area contributed by atoms with Crippen molar-refractivity contribution in [1.82, 2.24) is 9.80 Å². The summed E-state index contributed by atoms with van der Waals surface area (Å²) in [6.45, 7) is 3.81. The molecule has 1 amide bonds. The summed E-state index contributed by atoms with van der Waals surface area (Å²) >= 11 is 0. The quantitative estimate of drug-likeness (QED) is 0.511. The Balaban J connectivity index is 1.31. The van der Waals surface area contributed by atoms with Gasteiger partial charge in [-0.1, -0.05) is 18.2 Å². The van der Waals surface area contributed by atoms with Gasteiger partial charge < -0.3 is 19.3 Å². The van der Waals surface area contributed by atoms with E-state index >= 15 is 0 Å². The van der Waals surface area contributed by atoms with Crippen LogP contribution in [0.15, 0.2) is 42.5 Å². The third-order valence-corrected chi connectivity index (χ3v) is 6.67. The zero-order valence-corrected chi connectivity index (χ0v) is 19.6. The summed E-state index contributed by atoms with van der Waals surface area (Å²) in [5.41, 5.74) is 0.888. The summed E-state index contributed by atoms with van der Waals surface area (Å²) in [5, 5.41) is 9.17. The minimum Gasteiger partial charge on any atom is -0.441 e. The maximum atomic E-state index is 13.3. The van der Waals surface area contributed by atoms with Crippen molar-refractivity contribution in [2.45, 2.75) is 37.6 Å². The number of likely N-dealkylation sites (tertiary alicyclic amines) is 1. The fourth-order valence-corrected chi connectivity index (χ4v) is 4.71. The van der Waals surface area contributed by atoms with E-state index in [4.69, 9.17) is 9.47 Å². The topological polar surface area (TPSA) is 65.8 Å². The molecule has 0 aliphatic carbocycles. The molecule has 2 fully saturated rings. The molecule has 6 nitrogen and oxygen atoms in total. The molecule has 9 heteroatoms. The molecule has 1 spiro atoms. The number of hydrogen-bond donors (Lipinski definition) is 0. The first kappa shape index (κ1) is 25.0. The molecule has 0 atom stereocenters. The molecule has 0 aromatic heterocycles. The number of amides is 1. The highest BCUT2D eigenvalue weighted by molar-refractivity contribution is 5.70. The molecule has 2 aliphatic heterocycles. The standard InChI is InChI=1S/C26H28F3N3O3/c1-31-18-25(35-24(31)33)8-11-32(12-9-25)10-3-13-34-17-21-6-7-22(26(27,28)29)15-23(21)20-5-2-4-19(14-20)16-30/h2,4-7,14-15H,3,8-13,17-18H2,1H3. The maximum absolute atomic E-state index is 13.3. The van der Waals surface area contributed by atoms with Crippen LogP contribution in [0.4, 0.5) is 18.0 Å². The van der Waals surface area contributed by atoms with Crippen molar-refractivity contribution < 1.29 is 27.4 Å². The van der Waals surface area contributed by atoms with Gasteiger partial charge in [-0.25, -0.2) is 4.79 Å². The van der Waals surface area contributed by atoms with Gasteiger partial charge in [0.1, 0.15) is 5.60 Å². The number of halogens is 3. The van der Waals surface area contributed by atoms with Crippen molar-refractivity contribution in [3.8, 4) is 17.2 Å². The van der Waals surface area contributed by atoms with Crippen LogP contribution in [0, 0.1) is 11.3 Å². The number of likely N-dealkylation sites (N-methyl/N-ethyl adjacent to an activating group) is 1. The number of ether oxygens (including phenoxy) is 2. The second-order valence-electron chi connectivity index (χ2n) is 9.22. The normalized spacial score (nSPS) is 18.0. The molecule has 0 radical (unpaired) electrons. The number of rotatable bonds is 7. The largest absolute Gasteiger partial charge is 0.441 e. The Kier molecular flexibility index (Phi) is 7.33. The average molecular weight is 488 g/mol. The number of carbonyl (C=O) groups is 1. The lowest BCUT2D eigenvalue weighted by atomic mass is 9.91. The van der Waals surface area contributed by atoms with Gasteiger partial charge in [0.05, 0.1) is 30.3 Å². The molecule has 0 N–H and O–H groups in total. The SMILES string of the molecule is CN1CC2(CCN(CCCOCc3ccc(C(F)(F)F)cc3-c3cccc(C#N)c3)CC2)OC1=O. The number of nitriles is 1. The van der Waals surface area contributed by atoms with Crippen LogP contribution in [0.1, 0.15) is 36.0 Å². The highest BCUT2D eigenvalue weighted by Gasteiger charge is 2.45. The Morgan fingerprint density at radius 1 is 1.17 bits per heavy atom. The zero-order chi connectivity index (χ0) is 25.1. The number of benzene rings is 2. The minimum atomic E-state index is -4.46. The van der Waals surface area contributed by atoms with Crippen LogP contribution in [-0.2, 0) is 22.3 Å². The highest BCUT2D eigenvalue weighted by atomic mass is 19.4. The average Bonchev–Trinajstić information content (AvgIpc) is 3.12. The predicted octanol–water partition coefficient (Wildman–Crippen LogP) is 5.07. The fourth-order valence-electron chi connectivity index (χ4n) is 4.71. The lowest BCUT2D eigenvalue weighted by molar-refractivity contribution is -0.137. The lowest BCUT2D eigenvalue weighted by Gasteiger charge is -2.37. The lowest BCUT2D eigenvalue weighted by Crippen LogP contribution is -2.47. The molecule has 2 aliphatic rings. The van der Waals surface area contributed by atoms with Gasteiger partial charge in [-0.3, -0.25) is 0 Å². The highest BCUT2D eigenvalue weighted by Crippen LogP contribution is 2.35. The fraction of sp³-hybridized carbons (Fsp3) is 0.462. The van der Waals surface area contributed by atoms with E-state index in [2.05, 4.69) is 4.90 Å². The molecule has 0 unspecified atom stereocenters. The van der Waals surface area contributed by atoms with Gasteiger partial charge in [0.2, 0.25) is 0 Å². The van der Waals surface area contributed by atoms with Crippen LogP contribution in [0.3, 0.4) is 0 Å². The summed E-state index contributed by atoms with van der Waals surface area (Å²) in [7, 11) is 1.75. The molecular weight excluding hydrogens is 459 g/mol. The van der Waals surface area contributed by atoms with Gasteiger partial charge in [0, 0.05) is 46.1 Å². The predicted molar refractivity (Wildman–Crippen MR) is 123 cm³/mol. The zero-order valence-electron chi connectivity index (χ0n) is 19.6. The molecule has 2 saturated heterocycles. The number of carbonyl (C=O) groups excluding carboxylic acids is 1. The number of alkyl halides is 3. The summed E-state index contributed by atoms with van der Waals surface area (Å²) in [6, 6.07) is 12.2. The molecule has 35 heavy (non-hydrogen) atoms. The van der Waals surface area contributed by atoms with Gasteiger partial charge >= 0.3 is 12.3 Å². The monoisotopic (exact) mass is 487 g/mol. The molecule has 2 aromatic rings. The molecule has 2 heterocycles. The Morgan fingerprint density at radius 3 is 2.60 bits per heavy atom. The first-order chi connectivity index (χ1) is 16.7. The van der Waals surface area contributed by atoms with Crippen molar-refractivity contribution in [3.05, 3.63) is 59.2 Å². The van der Waals surface area contributed by atoms with E-state index in [-0.39, 0.29) is 18.3 Å². The van der Waals surface area contributed by atoms with Crippen molar-refractivity contribution >= 4 is 6.09 Å². The van der Waals surface area contributed by atoms with Gasteiger partial charge in [-0.05, 0) is 47.4 Å². The summed E-state index contributed by atoms with van der Waals surface area (Å²) < 4.78 is 51.3. The van der Waals surface area contributed by atoms with Crippen LogP contribution >= 0.6 is 0 Å². The smallest absolute Gasteiger partial charge is 0.416 e. The minimum absolute atomic E-state index is 0.176. The third kappa shape index (κ3) is 5.95. The van der Waals surface area contributed by atoms with Gasteiger partial charge in [0.25, 0.3) is 0 Å². The summed E-state index contributed by atoms with van der Waals surface area (Å²) in [4.78, 5) is 15.6. The molecule has 2 aromatic carbocycles. The van der Waals surface area contributed by atoms with Crippen molar-refractivity contribution in [2.75, 3.05) is 39.8 Å². The Bertz CT molecular complexity index is 1100. The van der Waals surface area contributed by atoms with E-state index in [9.17, 15) is 23.2 Å². The van der Waals surface area contributed by atoms with Crippen LogP contribution in [-0.4, -0.2) is 61.3 Å². The molecule has 4 rings (SSSR count). The first-order valence-electron chi connectivity index (χ1n) is 11.6. The molecule has 186 valence electrons. The summed E-state index contributed by atoms with van der Waals surface area (Å²) in [6.07, 6.45) is -2.32. The first-order valence-corrected chi connectivity index (χ1v) is 11.6. The Morgan fingerprint density at radius 2 is 1.94 bits per heavy atom. The molecular formula is C26H28F3N3O3. The number of piperidine rings is 1. The van der Waals surface area contributed by atoms with Gasteiger partial charge in [-0.2, -0.15) is 18.4 Å². The second kappa shape index (κ2) is 10.3. The van der Waals surface area contributed by atoms with E-state index in [0.29, 0.717) is 35.4 Å². The van der Waals surface area contributed by atoms with E-state index in [1.54, 1.807) is 36.2 Å². The van der Waals surface area contributed by atoms with Gasteiger partial charge in [0.15, 0.2) is 0 Å². The Labute approximate surface area is 202 Å². The molecule has 0 bridgehead atoms. The Hall–Kier alpha value is -3.09. The van der Waals surface area contributed by atoms with Crippen LogP contribution in [0.2, 0.25) is 0 Å². The van der Waals surface area contributed by atoms with E-state index in [1.165, 1.54) is 6.07 Å². The van der Waals surface area contributed by atoms with Gasteiger partial charge in [-0.15, -0.1) is 0 Å². The maximum Gasteiger partial charge on any atom is 0.416 e.